The monoisotopic (exact) mass is 440 g/mol. The Labute approximate surface area is 183 Å². The van der Waals surface area contributed by atoms with Gasteiger partial charge in [-0.1, -0.05) is 6.08 Å². The quantitative estimate of drug-likeness (QED) is 0.185. The van der Waals surface area contributed by atoms with Gasteiger partial charge >= 0.3 is 0 Å². The number of carbonyl (C=O) groups is 2. The van der Waals surface area contributed by atoms with Gasteiger partial charge in [0.25, 0.3) is 17.5 Å². The number of amides is 2. The molecule has 0 spiro atoms. The topological polar surface area (TPSA) is 107 Å². The number of aryl methyl sites for hydroxylation is 1. The van der Waals surface area contributed by atoms with Crippen LogP contribution in [0.5, 0.6) is 5.75 Å². The number of hydrogen-bond donors (Lipinski definition) is 1. The average molecular weight is 440 g/mol. The van der Waals surface area contributed by atoms with Crippen LogP contribution in [0.1, 0.15) is 17.0 Å². The van der Waals surface area contributed by atoms with E-state index in [-0.39, 0.29) is 22.9 Å². The molecule has 0 atom stereocenters. The predicted molar refractivity (Wildman–Crippen MR) is 119 cm³/mol. The van der Waals surface area contributed by atoms with Crippen molar-refractivity contribution >= 4 is 40.9 Å². The molecule has 1 saturated heterocycles. The fraction of sp³-hybridized carbons (Fsp3) is 0.190. The molecule has 0 unspecified atom stereocenters. The Balaban J connectivity index is 2.09. The molecule has 1 fully saturated rings. The van der Waals surface area contributed by atoms with E-state index in [0.717, 1.165) is 11.4 Å². The number of hydrogen-bond acceptors (Lipinski definition) is 6. The molecule has 9 nitrogen and oxygen atoms in total. The SMILES string of the molecule is C=CCN1C(=O)C(=Cc2cc(C)n(-c3ccc([N+](=O)[O-])cc3OC)c2C)C(=O)NC1=S. The van der Waals surface area contributed by atoms with Crippen LogP contribution >= 0.6 is 12.2 Å². The second-order valence-electron chi connectivity index (χ2n) is 6.80. The van der Waals surface area contributed by atoms with E-state index in [1.54, 1.807) is 6.07 Å². The van der Waals surface area contributed by atoms with Crippen molar-refractivity contribution < 1.29 is 19.2 Å². The predicted octanol–water partition coefficient (Wildman–Crippen LogP) is 2.82. The summed E-state index contributed by atoms with van der Waals surface area (Å²) >= 11 is 5.07. The van der Waals surface area contributed by atoms with Gasteiger partial charge in [-0.3, -0.25) is 29.9 Å². The van der Waals surface area contributed by atoms with Crippen molar-refractivity contribution in [2.75, 3.05) is 13.7 Å². The van der Waals surface area contributed by atoms with E-state index in [0.29, 0.717) is 17.0 Å². The molecule has 1 aromatic heterocycles. The van der Waals surface area contributed by atoms with Crippen molar-refractivity contribution in [1.82, 2.24) is 14.8 Å². The molecule has 1 N–H and O–H groups in total. The Morgan fingerprint density at radius 2 is 2.00 bits per heavy atom. The van der Waals surface area contributed by atoms with Crippen LogP contribution in [-0.4, -0.2) is 45.0 Å². The van der Waals surface area contributed by atoms with Crippen LogP contribution in [0.25, 0.3) is 11.8 Å². The van der Waals surface area contributed by atoms with E-state index >= 15 is 0 Å². The number of benzene rings is 1. The van der Waals surface area contributed by atoms with Gasteiger partial charge in [0.05, 0.1) is 23.8 Å². The zero-order valence-electron chi connectivity index (χ0n) is 17.2. The number of thiocarbonyl (C=S) groups is 1. The number of aromatic nitrogens is 1. The van der Waals surface area contributed by atoms with Crippen molar-refractivity contribution in [3.63, 3.8) is 0 Å². The van der Waals surface area contributed by atoms with Crippen molar-refractivity contribution in [2.45, 2.75) is 13.8 Å². The minimum absolute atomic E-state index is 0.0353. The molecule has 3 rings (SSSR count). The second kappa shape index (κ2) is 8.52. The highest BCUT2D eigenvalue weighted by atomic mass is 32.1. The van der Waals surface area contributed by atoms with E-state index in [1.807, 2.05) is 24.5 Å². The minimum Gasteiger partial charge on any atom is -0.494 e. The number of carbonyl (C=O) groups excluding carboxylic acids is 2. The number of nitro groups is 1. The normalized spacial score (nSPS) is 15.3. The number of nitro benzene ring substituents is 1. The fourth-order valence-electron chi connectivity index (χ4n) is 3.41. The highest BCUT2D eigenvalue weighted by molar-refractivity contribution is 7.80. The Bertz CT molecular complexity index is 1160. The zero-order chi connectivity index (χ0) is 22.9. The molecular formula is C21H20N4O5S. The van der Waals surface area contributed by atoms with Gasteiger partial charge < -0.3 is 9.30 Å². The highest BCUT2D eigenvalue weighted by Crippen LogP contribution is 2.32. The standard InChI is InChI=1S/C21H20N4O5S/c1-5-8-23-20(27)16(19(26)22-21(23)31)10-14-9-12(2)24(13(14)3)17-7-6-15(25(28)29)11-18(17)30-4/h5-7,9-11H,1,8H2,2-4H3,(H,22,26,31). The van der Waals surface area contributed by atoms with Gasteiger partial charge in [0, 0.05) is 24.0 Å². The Kier molecular flexibility index (Phi) is 6.02. The maximum absolute atomic E-state index is 12.8. The Hall–Kier alpha value is -3.79. The lowest BCUT2D eigenvalue weighted by molar-refractivity contribution is -0.384. The Morgan fingerprint density at radius 1 is 1.29 bits per heavy atom. The van der Waals surface area contributed by atoms with Crippen LogP contribution in [0.2, 0.25) is 0 Å². The molecule has 0 aliphatic carbocycles. The summed E-state index contributed by atoms with van der Waals surface area (Å²) in [5.41, 5.74) is 2.61. The zero-order valence-corrected chi connectivity index (χ0v) is 18.0. The number of nitrogens with one attached hydrogen (secondary N) is 1. The minimum atomic E-state index is -0.576. The average Bonchev–Trinajstić information content (AvgIpc) is 3.00. The number of rotatable bonds is 6. The summed E-state index contributed by atoms with van der Waals surface area (Å²) in [6, 6.07) is 6.14. The molecule has 2 amide bonds. The van der Waals surface area contributed by atoms with E-state index in [9.17, 15) is 19.7 Å². The lowest BCUT2D eigenvalue weighted by Crippen LogP contribution is -2.53. The van der Waals surface area contributed by atoms with Crippen LogP contribution in [0.15, 0.2) is 42.5 Å². The molecule has 2 aromatic rings. The van der Waals surface area contributed by atoms with Crippen molar-refractivity contribution in [3.8, 4) is 11.4 Å². The van der Waals surface area contributed by atoms with Crippen LogP contribution in [0.3, 0.4) is 0 Å². The molecule has 31 heavy (non-hydrogen) atoms. The summed E-state index contributed by atoms with van der Waals surface area (Å²) in [6.45, 7) is 7.44. The summed E-state index contributed by atoms with van der Waals surface area (Å²) < 4.78 is 7.20. The van der Waals surface area contributed by atoms with E-state index < -0.39 is 16.7 Å². The van der Waals surface area contributed by atoms with E-state index in [1.165, 1.54) is 36.3 Å². The smallest absolute Gasteiger partial charge is 0.273 e. The van der Waals surface area contributed by atoms with Gasteiger partial charge in [-0.25, -0.2) is 0 Å². The maximum Gasteiger partial charge on any atom is 0.273 e. The second-order valence-corrected chi connectivity index (χ2v) is 7.18. The largest absolute Gasteiger partial charge is 0.494 e. The third kappa shape index (κ3) is 3.97. The number of methoxy groups -OCH3 is 1. The first-order chi connectivity index (χ1) is 14.7. The van der Waals surface area contributed by atoms with Crippen LogP contribution < -0.4 is 10.1 Å². The molecule has 160 valence electrons. The fourth-order valence-corrected chi connectivity index (χ4v) is 3.66. The van der Waals surface area contributed by atoms with Crippen LogP contribution in [0.4, 0.5) is 5.69 Å². The molecule has 2 heterocycles. The number of non-ortho nitro benzene ring substituents is 1. The first kappa shape index (κ1) is 21.9. The molecule has 10 heteroatoms. The van der Waals surface area contributed by atoms with Crippen LogP contribution in [-0.2, 0) is 9.59 Å². The summed E-state index contributed by atoms with van der Waals surface area (Å²) in [4.78, 5) is 37.0. The van der Waals surface area contributed by atoms with E-state index in [4.69, 9.17) is 17.0 Å². The summed E-state index contributed by atoms with van der Waals surface area (Å²) in [7, 11) is 1.43. The highest BCUT2D eigenvalue weighted by Gasteiger charge is 2.33. The lowest BCUT2D eigenvalue weighted by Gasteiger charge is -2.27. The van der Waals surface area contributed by atoms with Gasteiger partial charge in [-0.05, 0) is 49.8 Å². The van der Waals surface area contributed by atoms with Crippen molar-refractivity contribution in [3.05, 3.63) is 69.6 Å². The van der Waals surface area contributed by atoms with Crippen molar-refractivity contribution in [2.24, 2.45) is 0 Å². The van der Waals surface area contributed by atoms with Gasteiger partial charge in [-0.2, -0.15) is 0 Å². The van der Waals surface area contributed by atoms with Gasteiger partial charge in [0.2, 0.25) is 0 Å². The first-order valence-electron chi connectivity index (χ1n) is 9.21. The molecule has 0 radical (unpaired) electrons. The summed E-state index contributed by atoms with van der Waals surface area (Å²) in [5.74, 6) is -0.761. The van der Waals surface area contributed by atoms with Gasteiger partial charge in [-0.15, -0.1) is 6.58 Å². The lowest BCUT2D eigenvalue weighted by atomic mass is 10.1. The maximum atomic E-state index is 12.8. The van der Waals surface area contributed by atoms with E-state index in [2.05, 4.69) is 11.9 Å². The molecule has 1 aliphatic rings. The number of ether oxygens (including phenoxy) is 1. The molecular weight excluding hydrogens is 420 g/mol. The molecule has 0 saturated carbocycles. The molecule has 1 aromatic carbocycles. The van der Waals surface area contributed by atoms with Gasteiger partial charge in [0.1, 0.15) is 11.3 Å². The Morgan fingerprint density at radius 3 is 2.61 bits per heavy atom. The summed E-state index contributed by atoms with van der Waals surface area (Å²) in [6.07, 6.45) is 3.03. The van der Waals surface area contributed by atoms with Gasteiger partial charge in [0.15, 0.2) is 5.11 Å². The van der Waals surface area contributed by atoms with Crippen LogP contribution in [0, 0.1) is 24.0 Å². The molecule has 0 bridgehead atoms. The summed E-state index contributed by atoms with van der Waals surface area (Å²) in [5, 5.41) is 13.6. The third-order valence-corrected chi connectivity index (χ3v) is 5.21. The molecule has 1 aliphatic heterocycles. The number of nitrogens with zero attached hydrogens (tertiary/aromatic N) is 3. The van der Waals surface area contributed by atoms with Crippen molar-refractivity contribution in [1.29, 1.82) is 0 Å². The first-order valence-corrected chi connectivity index (χ1v) is 9.62. The third-order valence-electron chi connectivity index (χ3n) is 4.88.